The normalized spacial score (nSPS) is 22.2. The maximum Gasteiger partial charge on any atom is 0.230 e. The van der Waals surface area contributed by atoms with Crippen LogP contribution in [-0.2, 0) is 6.54 Å². The molecule has 1 atom stereocenters. The molecule has 2 aliphatic rings. The van der Waals surface area contributed by atoms with E-state index in [0.29, 0.717) is 23.7 Å². The van der Waals surface area contributed by atoms with Crippen LogP contribution < -0.4 is 5.73 Å². The number of nitrogens with two attached hydrogens (primary N) is 1. The molecule has 21 heavy (non-hydrogen) atoms. The molecule has 1 aromatic heterocycles. The zero-order valence-electron chi connectivity index (χ0n) is 11.9. The van der Waals surface area contributed by atoms with Gasteiger partial charge in [0.15, 0.2) is 0 Å². The van der Waals surface area contributed by atoms with Gasteiger partial charge in [0, 0.05) is 18.0 Å². The first-order valence-electron chi connectivity index (χ1n) is 7.44. The van der Waals surface area contributed by atoms with Gasteiger partial charge in [0.1, 0.15) is 0 Å². The first-order chi connectivity index (χ1) is 9.81. The minimum atomic E-state index is 0. The minimum Gasteiger partial charge on any atom is -0.339 e. The Morgan fingerprint density at radius 1 is 1.19 bits per heavy atom. The molecule has 1 aromatic carbocycles. The summed E-state index contributed by atoms with van der Waals surface area (Å²) in [6.45, 7) is 0.558. The van der Waals surface area contributed by atoms with E-state index in [0.717, 1.165) is 17.0 Å². The van der Waals surface area contributed by atoms with Crippen molar-refractivity contribution in [2.24, 2.45) is 11.1 Å². The zero-order chi connectivity index (χ0) is 13.6. The van der Waals surface area contributed by atoms with E-state index in [9.17, 15) is 0 Å². The summed E-state index contributed by atoms with van der Waals surface area (Å²) in [5, 5.41) is 4.14. The smallest absolute Gasteiger partial charge is 0.230 e. The molecule has 1 spiro atoms. The lowest BCUT2D eigenvalue weighted by molar-refractivity contribution is 0.360. The third-order valence-electron chi connectivity index (χ3n) is 4.98. The van der Waals surface area contributed by atoms with Crippen molar-refractivity contribution in [3.05, 3.63) is 35.7 Å². The van der Waals surface area contributed by atoms with E-state index in [1.165, 1.54) is 32.1 Å². The fraction of sp³-hybridized carbons (Fsp3) is 0.500. The van der Waals surface area contributed by atoms with Gasteiger partial charge in [0.2, 0.25) is 11.7 Å². The van der Waals surface area contributed by atoms with Crippen LogP contribution in [0.3, 0.4) is 0 Å². The van der Waals surface area contributed by atoms with Gasteiger partial charge in [-0.05, 0) is 30.2 Å². The van der Waals surface area contributed by atoms with Gasteiger partial charge in [-0.25, -0.2) is 0 Å². The van der Waals surface area contributed by atoms with Crippen molar-refractivity contribution in [3.63, 3.8) is 0 Å². The van der Waals surface area contributed by atoms with Gasteiger partial charge >= 0.3 is 0 Å². The standard InChI is InChI=1S/C16H19N3O.ClH/c17-10-11-3-5-12(6-4-11)14-18-15(20-19-14)13-9-16(13)7-1-2-8-16;/h3-6,13H,1-2,7-10,17H2;1H. The van der Waals surface area contributed by atoms with E-state index in [2.05, 4.69) is 10.1 Å². The van der Waals surface area contributed by atoms with E-state index >= 15 is 0 Å². The van der Waals surface area contributed by atoms with Crippen LogP contribution in [0.5, 0.6) is 0 Å². The van der Waals surface area contributed by atoms with Gasteiger partial charge in [-0.3, -0.25) is 0 Å². The van der Waals surface area contributed by atoms with Crippen LogP contribution in [-0.4, -0.2) is 10.1 Å². The number of hydrogen-bond donors (Lipinski definition) is 1. The molecule has 4 rings (SSSR count). The number of nitrogens with zero attached hydrogens (tertiary/aromatic N) is 2. The van der Waals surface area contributed by atoms with E-state index in [1.807, 2.05) is 24.3 Å². The summed E-state index contributed by atoms with van der Waals surface area (Å²) in [7, 11) is 0. The highest BCUT2D eigenvalue weighted by atomic mass is 35.5. The summed E-state index contributed by atoms with van der Waals surface area (Å²) in [5.74, 6) is 2.04. The minimum absolute atomic E-state index is 0. The first kappa shape index (κ1) is 14.5. The Bertz CT molecular complexity index is 617. The van der Waals surface area contributed by atoms with Crippen molar-refractivity contribution in [1.29, 1.82) is 0 Å². The molecule has 2 aromatic rings. The van der Waals surface area contributed by atoms with E-state index in [-0.39, 0.29) is 12.4 Å². The maximum atomic E-state index is 5.61. The molecule has 2 N–H and O–H groups in total. The van der Waals surface area contributed by atoms with E-state index in [1.54, 1.807) is 0 Å². The SMILES string of the molecule is Cl.NCc1ccc(-c2noc(C3CC34CCCC4)n2)cc1. The average molecular weight is 306 g/mol. The lowest BCUT2D eigenvalue weighted by atomic mass is 10.0. The quantitative estimate of drug-likeness (QED) is 0.939. The Labute approximate surface area is 130 Å². The molecule has 0 amide bonds. The van der Waals surface area contributed by atoms with E-state index in [4.69, 9.17) is 10.3 Å². The highest BCUT2D eigenvalue weighted by molar-refractivity contribution is 5.85. The van der Waals surface area contributed by atoms with Crippen molar-refractivity contribution in [3.8, 4) is 11.4 Å². The monoisotopic (exact) mass is 305 g/mol. The number of rotatable bonds is 3. The lowest BCUT2D eigenvalue weighted by Gasteiger charge is -2.03. The van der Waals surface area contributed by atoms with Crippen LogP contribution in [0, 0.1) is 5.41 Å². The molecule has 0 bridgehead atoms. The van der Waals surface area contributed by atoms with E-state index < -0.39 is 0 Å². The van der Waals surface area contributed by atoms with Crippen LogP contribution in [0.4, 0.5) is 0 Å². The predicted molar refractivity (Wildman–Crippen MR) is 83.1 cm³/mol. The molecule has 0 radical (unpaired) electrons. The Kier molecular flexibility index (Phi) is 3.76. The van der Waals surface area contributed by atoms with Crippen LogP contribution in [0.25, 0.3) is 11.4 Å². The molecule has 0 aliphatic heterocycles. The summed E-state index contributed by atoms with van der Waals surface area (Å²) in [6, 6.07) is 8.05. The van der Waals surface area contributed by atoms with Crippen LogP contribution in [0.1, 0.15) is 49.5 Å². The Balaban J connectivity index is 0.00000132. The second-order valence-electron chi connectivity index (χ2n) is 6.18. The number of hydrogen-bond acceptors (Lipinski definition) is 4. The fourth-order valence-electron chi connectivity index (χ4n) is 3.61. The highest BCUT2D eigenvalue weighted by Gasteiger charge is 2.58. The second-order valence-corrected chi connectivity index (χ2v) is 6.18. The molecule has 2 saturated carbocycles. The molecule has 2 aliphatic carbocycles. The summed E-state index contributed by atoms with van der Waals surface area (Å²) in [5.41, 5.74) is 8.23. The molecule has 0 saturated heterocycles. The Hall–Kier alpha value is -1.39. The largest absolute Gasteiger partial charge is 0.339 e. The zero-order valence-corrected chi connectivity index (χ0v) is 12.7. The molecule has 4 nitrogen and oxygen atoms in total. The molecule has 112 valence electrons. The van der Waals surface area contributed by atoms with Crippen LogP contribution in [0.15, 0.2) is 28.8 Å². The molecule has 1 unspecified atom stereocenters. The summed E-state index contributed by atoms with van der Waals surface area (Å²) in [4.78, 5) is 4.61. The molecule has 1 heterocycles. The first-order valence-corrected chi connectivity index (χ1v) is 7.44. The van der Waals surface area contributed by atoms with Gasteiger partial charge in [-0.15, -0.1) is 12.4 Å². The Morgan fingerprint density at radius 2 is 1.90 bits per heavy atom. The highest BCUT2D eigenvalue weighted by Crippen LogP contribution is 2.67. The Morgan fingerprint density at radius 3 is 2.57 bits per heavy atom. The van der Waals surface area contributed by atoms with Gasteiger partial charge in [-0.2, -0.15) is 4.98 Å². The van der Waals surface area contributed by atoms with Crippen molar-refractivity contribution in [2.75, 3.05) is 0 Å². The van der Waals surface area contributed by atoms with Gasteiger partial charge in [0.05, 0.1) is 0 Å². The molecular formula is C16H20ClN3O. The van der Waals surface area contributed by atoms with Gasteiger partial charge in [0.25, 0.3) is 0 Å². The molecular weight excluding hydrogens is 286 g/mol. The van der Waals surface area contributed by atoms with Crippen molar-refractivity contribution < 1.29 is 4.52 Å². The van der Waals surface area contributed by atoms with Crippen molar-refractivity contribution >= 4 is 12.4 Å². The summed E-state index contributed by atoms with van der Waals surface area (Å²) < 4.78 is 5.50. The average Bonchev–Trinajstić information content (AvgIpc) is 2.86. The topological polar surface area (TPSA) is 64.9 Å². The fourth-order valence-corrected chi connectivity index (χ4v) is 3.61. The third kappa shape index (κ3) is 2.47. The second kappa shape index (κ2) is 5.43. The lowest BCUT2D eigenvalue weighted by Crippen LogP contribution is -1.96. The van der Waals surface area contributed by atoms with Crippen molar-refractivity contribution in [2.45, 2.75) is 44.6 Å². The van der Waals surface area contributed by atoms with Crippen LogP contribution >= 0.6 is 12.4 Å². The number of benzene rings is 1. The van der Waals surface area contributed by atoms with Crippen molar-refractivity contribution in [1.82, 2.24) is 10.1 Å². The van der Waals surface area contributed by atoms with Gasteiger partial charge in [-0.1, -0.05) is 42.3 Å². The molecule has 5 heteroatoms. The van der Waals surface area contributed by atoms with Crippen LogP contribution in [0.2, 0.25) is 0 Å². The third-order valence-corrected chi connectivity index (χ3v) is 4.98. The maximum absolute atomic E-state index is 5.61. The number of halogens is 1. The predicted octanol–water partition coefficient (Wildman–Crippen LogP) is 3.66. The summed E-state index contributed by atoms with van der Waals surface area (Å²) in [6.07, 6.45) is 6.62. The van der Waals surface area contributed by atoms with Gasteiger partial charge < -0.3 is 10.3 Å². The number of aromatic nitrogens is 2. The summed E-state index contributed by atoms with van der Waals surface area (Å²) >= 11 is 0. The molecule has 2 fully saturated rings.